The molecule has 0 aliphatic rings. The lowest BCUT2D eigenvalue weighted by Crippen LogP contribution is -2.33. The highest BCUT2D eigenvalue weighted by Crippen LogP contribution is 2.46. The Morgan fingerprint density at radius 3 is 1.12 bits per heavy atom. The first kappa shape index (κ1) is 63.1. The van der Waals surface area contributed by atoms with Crippen LogP contribution in [0, 0.1) is 0 Å². The minimum Gasteiger partial charge on any atom is -0.373 e. The van der Waals surface area contributed by atoms with Gasteiger partial charge in [0.2, 0.25) is 11.6 Å². The van der Waals surface area contributed by atoms with E-state index in [0.29, 0.717) is 40.0 Å². The van der Waals surface area contributed by atoms with Crippen LogP contribution in [0.4, 0.5) is 17.1 Å². The molecule has 0 spiro atoms. The number of anilines is 3. The third kappa shape index (κ3) is 15.2. The van der Waals surface area contributed by atoms with Crippen LogP contribution >= 0.6 is 55.7 Å². The number of nitrogens with zero attached hydrogens (tertiary/aromatic N) is 7. The van der Waals surface area contributed by atoms with Crippen LogP contribution in [0.2, 0.25) is 0 Å². The SMILES string of the molecule is Brc1ccccc1P(c1ccccc1)c1ccccc1.O=C(c1ccc(Br)cc1)c1nc(-c2ccccc2)nc(-c2ccccc2)n1.OC(c1ccc(Br)cc1)(c1nc(-c2ccccc2)nc(-c2ccccc2)n1)c1ccccc1N(c1ccccc1)c1ccccc1. The molecule has 1 N–H and O–H groups in total. The molecule has 2 aromatic heterocycles. The fraction of sp³-hybridized carbons (Fsp3) is 0.0125. The van der Waals surface area contributed by atoms with Crippen LogP contribution in [0.25, 0.3) is 45.6 Å². The zero-order valence-corrected chi connectivity index (χ0v) is 55.6. The van der Waals surface area contributed by atoms with E-state index < -0.39 is 13.5 Å². The van der Waals surface area contributed by atoms with Crippen LogP contribution in [0.5, 0.6) is 0 Å². The fourth-order valence-electron chi connectivity index (χ4n) is 10.5. The van der Waals surface area contributed by atoms with Crippen LogP contribution in [-0.2, 0) is 5.60 Å². The van der Waals surface area contributed by atoms with Crippen molar-refractivity contribution in [3.63, 3.8) is 0 Å². The average molecular weight is 1420 g/mol. The molecular formula is C80H57Br3N7O2P. The maximum atomic E-state index is 13.4. The second-order valence-electron chi connectivity index (χ2n) is 21.1. The van der Waals surface area contributed by atoms with Crippen LogP contribution in [0.3, 0.4) is 0 Å². The topological polar surface area (TPSA) is 118 Å². The van der Waals surface area contributed by atoms with Gasteiger partial charge in [-0.2, -0.15) is 0 Å². The number of halogens is 3. The number of hydrogen-bond acceptors (Lipinski definition) is 9. The van der Waals surface area contributed by atoms with Gasteiger partial charge in [-0.3, -0.25) is 4.79 Å². The molecule has 0 radical (unpaired) electrons. The van der Waals surface area contributed by atoms with Crippen molar-refractivity contribution < 1.29 is 9.90 Å². The molecule has 0 fully saturated rings. The highest BCUT2D eigenvalue weighted by atomic mass is 79.9. The third-order valence-corrected chi connectivity index (χ3v) is 19.5. The van der Waals surface area contributed by atoms with Gasteiger partial charge < -0.3 is 10.0 Å². The van der Waals surface area contributed by atoms with Crippen LogP contribution < -0.4 is 20.8 Å². The zero-order valence-electron chi connectivity index (χ0n) is 49.9. The van der Waals surface area contributed by atoms with E-state index in [1.54, 1.807) is 12.1 Å². The summed E-state index contributed by atoms with van der Waals surface area (Å²) < 4.78 is 2.98. The second kappa shape index (κ2) is 30.4. The molecule has 1 unspecified atom stereocenters. The van der Waals surface area contributed by atoms with Gasteiger partial charge >= 0.3 is 0 Å². The molecule has 13 heteroatoms. The molecule has 0 aliphatic carbocycles. The van der Waals surface area contributed by atoms with Crippen LogP contribution in [-0.4, -0.2) is 40.8 Å². The summed E-state index contributed by atoms with van der Waals surface area (Å²) in [6, 6.07) is 112. The number of aliphatic hydroxyl groups is 1. The van der Waals surface area contributed by atoms with Gasteiger partial charge in [0.1, 0.15) is 0 Å². The molecule has 450 valence electrons. The van der Waals surface area contributed by atoms with E-state index in [0.717, 1.165) is 48.3 Å². The van der Waals surface area contributed by atoms with Gasteiger partial charge in [-0.25, -0.2) is 29.9 Å². The van der Waals surface area contributed by atoms with E-state index in [9.17, 15) is 9.90 Å². The average Bonchev–Trinajstić information content (AvgIpc) is 0.753. The van der Waals surface area contributed by atoms with Gasteiger partial charge in [0.15, 0.2) is 34.7 Å². The summed E-state index contributed by atoms with van der Waals surface area (Å²) in [7, 11) is -0.514. The molecule has 9 nitrogen and oxygen atoms in total. The Morgan fingerprint density at radius 2 is 0.699 bits per heavy atom. The van der Waals surface area contributed by atoms with Crippen molar-refractivity contribution in [3.05, 3.63) is 381 Å². The molecule has 14 rings (SSSR count). The number of para-hydroxylation sites is 3. The summed E-state index contributed by atoms with van der Waals surface area (Å²) in [5, 5.41) is 17.5. The van der Waals surface area contributed by atoms with Gasteiger partial charge in [0.25, 0.3) is 0 Å². The van der Waals surface area contributed by atoms with Crippen molar-refractivity contribution >= 4 is 94.5 Å². The lowest BCUT2D eigenvalue weighted by atomic mass is 9.83. The van der Waals surface area contributed by atoms with Gasteiger partial charge in [0.05, 0.1) is 5.69 Å². The Kier molecular flexibility index (Phi) is 20.6. The Bertz CT molecular complexity index is 4540. The number of carbonyl (C=O) groups excluding carboxylic acids is 1. The number of carbonyl (C=O) groups is 1. The number of benzene rings is 12. The highest BCUT2D eigenvalue weighted by molar-refractivity contribution is 9.11. The Morgan fingerprint density at radius 1 is 0.355 bits per heavy atom. The fourth-order valence-corrected chi connectivity index (χ4v) is 14.1. The van der Waals surface area contributed by atoms with Crippen molar-refractivity contribution in [1.82, 2.24) is 29.9 Å². The first-order chi connectivity index (χ1) is 45.7. The van der Waals surface area contributed by atoms with Crippen molar-refractivity contribution in [1.29, 1.82) is 0 Å². The predicted octanol–water partition coefficient (Wildman–Crippen LogP) is 19.1. The predicted molar refractivity (Wildman–Crippen MR) is 389 cm³/mol. The normalized spacial score (nSPS) is 11.5. The van der Waals surface area contributed by atoms with E-state index >= 15 is 0 Å². The summed E-state index contributed by atoms with van der Waals surface area (Å²) in [4.78, 5) is 43.5. The van der Waals surface area contributed by atoms with Crippen LogP contribution in [0.1, 0.15) is 33.1 Å². The van der Waals surface area contributed by atoms with Crippen molar-refractivity contribution in [3.8, 4) is 45.6 Å². The molecule has 2 heterocycles. The molecule has 1 atom stereocenters. The quantitative estimate of drug-likeness (QED) is 0.0791. The molecule has 12 aromatic carbocycles. The number of rotatable bonds is 15. The van der Waals surface area contributed by atoms with Gasteiger partial charge in [-0.15, -0.1) is 0 Å². The van der Waals surface area contributed by atoms with Gasteiger partial charge in [0, 0.05) is 58.2 Å². The minimum atomic E-state index is -1.78. The second-order valence-corrected chi connectivity index (χ2v) is 26.0. The largest absolute Gasteiger partial charge is 0.373 e. The van der Waals surface area contributed by atoms with Crippen LogP contribution in [0.15, 0.2) is 353 Å². The van der Waals surface area contributed by atoms with Crippen molar-refractivity contribution in [2.45, 2.75) is 5.60 Å². The molecule has 0 aliphatic heterocycles. The Hall–Kier alpha value is -10.0. The molecule has 0 saturated carbocycles. The number of hydrogen-bond donors (Lipinski definition) is 1. The third-order valence-electron chi connectivity index (χ3n) is 15.0. The van der Waals surface area contributed by atoms with E-state index in [1.807, 2.05) is 218 Å². The lowest BCUT2D eigenvalue weighted by Gasteiger charge is -2.34. The molecule has 93 heavy (non-hydrogen) atoms. The summed E-state index contributed by atoms with van der Waals surface area (Å²) in [6.45, 7) is 0. The lowest BCUT2D eigenvalue weighted by molar-refractivity contribution is 0.102. The van der Waals surface area contributed by atoms with E-state index in [2.05, 4.69) is 177 Å². The molecular weight excluding hydrogens is 1360 g/mol. The Labute approximate surface area is 567 Å². The Balaban J connectivity index is 0.000000149. The number of aromatic nitrogens is 6. The maximum absolute atomic E-state index is 13.4. The number of ketones is 1. The highest BCUT2D eigenvalue weighted by Gasteiger charge is 2.41. The summed E-state index contributed by atoms with van der Waals surface area (Å²) in [5.74, 6) is 2.01. The van der Waals surface area contributed by atoms with Crippen molar-refractivity contribution in [2.75, 3.05) is 4.90 Å². The van der Waals surface area contributed by atoms with Gasteiger partial charge in [-0.1, -0.05) is 315 Å². The smallest absolute Gasteiger partial charge is 0.230 e. The maximum Gasteiger partial charge on any atom is 0.230 e. The van der Waals surface area contributed by atoms with Gasteiger partial charge in [-0.05, 0) is 102 Å². The van der Waals surface area contributed by atoms with E-state index in [1.165, 1.54) is 20.4 Å². The first-order valence-corrected chi connectivity index (χ1v) is 33.6. The monoisotopic (exact) mass is 1420 g/mol. The molecule has 0 bridgehead atoms. The van der Waals surface area contributed by atoms with E-state index in [4.69, 9.17) is 15.0 Å². The summed E-state index contributed by atoms with van der Waals surface area (Å²) in [5.41, 5.74) is 5.99. The molecule has 0 saturated heterocycles. The first-order valence-electron chi connectivity index (χ1n) is 29.9. The summed E-state index contributed by atoms with van der Waals surface area (Å²) >= 11 is 10.7. The molecule has 14 aromatic rings. The van der Waals surface area contributed by atoms with E-state index in [-0.39, 0.29) is 17.4 Å². The molecule has 0 amide bonds. The van der Waals surface area contributed by atoms with Crippen molar-refractivity contribution in [2.24, 2.45) is 0 Å². The minimum absolute atomic E-state index is 0.130. The zero-order chi connectivity index (χ0) is 63.8. The standard InChI is InChI=1S/C40H29BrN4O.C22H14BrN3O.C18H14BrP/c41-32-27-25-31(26-28-32)40(46,39-43-37(29-15-5-1-6-16-29)42-38(44-39)30-17-7-2-8-18-30)35-23-13-14-24-36(35)45(33-19-9-3-10-20-33)34-21-11-4-12-22-34;23-18-13-11-15(12-14-18)19(27)22-25-20(16-7-3-1-4-8-16)24-21(26-22)17-9-5-2-6-10-17;19-17-13-7-8-14-18(17)20(15-9-3-1-4-10-15)16-11-5-2-6-12-16/h1-28,46H;1-14H;1-14H. The summed E-state index contributed by atoms with van der Waals surface area (Å²) in [6.07, 6.45) is 0.